The number of imide groups is 1. The molecule has 0 aliphatic carbocycles. The molecular formula is C18H18BrN4O4+. The maximum Gasteiger partial charge on any atom is 0.446 e. The number of anilines is 1. The van der Waals surface area contributed by atoms with Gasteiger partial charge in [-0.3, -0.25) is 9.59 Å². The van der Waals surface area contributed by atoms with E-state index in [-0.39, 0.29) is 5.84 Å². The minimum atomic E-state index is -0.844. The Balaban J connectivity index is 1.84. The Morgan fingerprint density at radius 2 is 2.00 bits per heavy atom. The van der Waals surface area contributed by atoms with E-state index in [1.165, 1.54) is 18.7 Å². The summed E-state index contributed by atoms with van der Waals surface area (Å²) >= 11 is 3.32. The van der Waals surface area contributed by atoms with Crippen molar-refractivity contribution in [1.82, 2.24) is 4.90 Å². The fraction of sp³-hybridized carbons (Fsp3) is 0.278. The number of nitrogens with one attached hydrogen (secondary N) is 1. The molecule has 1 N–H and O–H groups in total. The van der Waals surface area contributed by atoms with E-state index in [4.69, 9.17) is 4.74 Å². The molecule has 27 heavy (non-hydrogen) atoms. The first-order valence-corrected chi connectivity index (χ1v) is 8.93. The second kappa shape index (κ2) is 7.43. The van der Waals surface area contributed by atoms with E-state index in [0.29, 0.717) is 17.0 Å². The molecule has 8 nitrogen and oxygen atoms in total. The number of dihydropyridines is 1. The molecule has 4 amide bonds. The lowest BCUT2D eigenvalue weighted by atomic mass is 9.96. The van der Waals surface area contributed by atoms with E-state index < -0.39 is 30.3 Å². The highest BCUT2D eigenvalue weighted by Crippen LogP contribution is 2.27. The number of carbonyl (C=O) groups is 3. The minimum absolute atomic E-state index is 0.289. The maximum atomic E-state index is 12.9. The summed E-state index contributed by atoms with van der Waals surface area (Å²) in [7, 11) is 2.98. The SMILES string of the molecule is COC1=C(C)C=NC2=[N+](C)C(=O)N(CC(=O)Nc3ccc(Br)cc3)C(=O)C12. The van der Waals surface area contributed by atoms with Crippen LogP contribution in [0.5, 0.6) is 0 Å². The zero-order chi connectivity index (χ0) is 19.7. The Hall–Kier alpha value is -2.81. The van der Waals surface area contributed by atoms with Gasteiger partial charge >= 0.3 is 11.9 Å². The molecule has 3 rings (SSSR count). The molecule has 1 aromatic rings. The monoisotopic (exact) mass is 433 g/mol. The van der Waals surface area contributed by atoms with Crippen molar-refractivity contribution in [2.24, 2.45) is 10.9 Å². The van der Waals surface area contributed by atoms with E-state index in [2.05, 4.69) is 26.2 Å². The van der Waals surface area contributed by atoms with E-state index in [0.717, 1.165) is 9.37 Å². The third-order valence-corrected chi connectivity index (χ3v) is 4.85. The highest BCUT2D eigenvalue weighted by molar-refractivity contribution is 9.10. The van der Waals surface area contributed by atoms with Crippen LogP contribution in [0, 0.1) is 5.92 Å². The zero-order valence-corrected chi connectivity index (χ0v) is 16.6. The number of aliphatic imine (C=N–C) groups is 1. The molecule has 2 aliphatic heterocycles. The Kier molecular flexibility index (Phi) is 5.22. The number of allylic oxidation sites excluding steroid dienone is 1. The van der Waals surface area contributed by atoms with Crippen LogP contribution < -0.4 is 5.32 Å². The van der Waals surface area contributed by atoms with Gasteiger partial charge in [0, 0.05) is 15.7 Å². The van der Waals surface area contributed by atoms with E-state index in [9.17, 15) is 14.4 Å². The first kappa shape index (κ1) is 19.0. The third kappa shape index (κ3) is 3.55. The second-order valence-corrected chi connectivity index (χ2v) is 7.04. The van der Waals surface area contributed by atoms with Crippen LogP contribution in [0.4, 0.5) is 10.5 Å². The molecule has 0 saturated heterocycles. The summed E-state index contributed by atoms with van der Waals surface area (Å²) in [6.45, 7) is 1.37. The van der Waals surface area contributed by atoms with Crippen molar-refractivity contribution in [2.45, 2.75) is 6.92 Å². The minimum Gasteiger partial charge on any atom is -0.499 e. The Morgan fingerprint density at radius 3 is 2.63 bits per heavy atom. The van der Waals surface area contributed by atoms with Crippen LogP contribution in [0.25, 0.3) is 0 Å². The summed E-state index contributed by atoms with van der Waals surface area (Å²) < 4.78 is 7.50. The molecule has 1 atom stereocenters. The number of hydrogen-bond acceptors (Lipinski definition) is 5. The predicted molar refractivity (Wildman–Crippen MR) is 103 cm³/mol. The van der Waals surface area contributed by atoms with Gasteiger partial charge in [0.2, 0.25) is 0 Å². The van der Waals surface area contributed by atoms with Gasteiger partial charge in [0.05, 0.1) is 14.2 Å². The maximum absolute atomic E-state index is 12.9. The molecule has 2 aliphatic rings. The quantitative estimate of drug-likeness (QED) is 0.735. The molecule has 2 heterocycles. The van der Waals surface area contributed by atoms with Gasteiger partial charge in [-0.15, -0.1) is 4.99 Å². The smallest absolute Gasteiger partial charge is 0.446 e. The predicted octanol–water partition coefficient (Wildman–Crippen LogP) is 2.01. The number of halogens is 1. The van der Waals surface area contributed by atoms with E-state index in [1.807, 2.05) is 0 Å². The van der Waals surface area contributed by atoms with Crippen molar-refractivity contribution in [1.29, 1.82) is 0 Å². The van der Waals surface area contributed by atoms with Crippen LogP contribution in [-0.2, 0) is 14.3 Å². The van der Waals surface area contributed by atoms with Crippen molar-refractivity contribution in [2.75, 3.05) is 26.0 Å². The highest BCUT2D eigenvalue weighted by atomic mass is 79.9. The van der Waals surface area contributed by atoms with Gasteiger partial charge in [0.25, 0.3) is 11.7 Å². The van der Waals surface area contributed by atoms with Crippen LogP contribution in [0.15, 0.2) is 45.1 Å². The van der Waals surface area contributed by atoms with Gasteiger partial charge in [-0.25, -0.2) is 4.79 Å². The van der Waals surface area contributed by atoms with Gasteiger partial charge in [-0.1, -0.05) is 15.9 Å². The molecule has 0 aromatic heterocycles. The molecule has 1 unspecified atom stereocenters. The number of hydrogen-bond donors (Lipinski definition) is 1. The lowest BCUT2D eigenvalue weighted by molar-refractivity contribution is -0.408. The van der Waals surface area contributed by atoms with Crippen molar-refractivity contribution < 1.29 is 23.7 Å². The first-order chi connectivity index (χ1) is 12.8. The Bertz CT molecular complexity index is 918. The fourth-order valence-corrected chi connectivity index (χ4v) is 3.24. The average Bonchev–Trinajstić information content (AvgIpc) is 2.65. The summed E-state index contributed by atoms with van der Waals surface area (Å²) in [5.74, 6) is -1.15. The normalized spacial score (nSPS) is 19.4. The fourth-order valence-electron chi connectivity index (χ4n) is 2.98. The van der Waals surface area contributed by atoms with Gasteiger partial charge in [-0.2, -0.15) is 9.48 Å². The Labute approximate surface area is 164 Å². The average molecular weight is 434 g/mol. The number of benzene rings is 1. The summed E-state index contributed by atoms with van der Waals surface area (Å²) in [5.41, 5.74) is 1.26. The van der Waals surface area contributed by atoms with Crippen LogP contribution >= 0.6 is 15.9 Å². The molecule has 0 fully saturated rings. The van der Waals surface area contributed by atoms with E-state index in [1.54, 1.807) is 37.4 Å². The Morgan fingerprint density at radius 1 is 1.33 bits per heavy atom. The number of amides is 4. The second-order valence-electron chi connectivity index (χ2n) is 6.12. The van der Waals surface area contributed by atoms with Gasteiger partial charge < -0.3 is 10.1 Å². The van der Waals surface area contributed by atoms with Crippen LogP contribution in [0.1, 0.15) is 6.92 Å². The molecular weight excluding hydrogens is 416 g/mol. The highest BCUT2D eigenvalue weighted by Gasteiger charge is 2.50. The van der Waals surface area contributed by atoms with Gasteiger partial charge in [0.15, 0.2) is 12.5 Å². The molecule has 140 valence electrons. The number of ether oxygens (including phenoxy) is 1. The number of fused-ring (bicyclic) bond motifs is 1. The van der Waals surface area contributed by atoms with Crippen LogP contribution in [0.2, 0.25) is 0 Å². The topological polar surface area (TPSA) is 91.1 Å². The molecule has 9 heteroatoms. The summed E-state index contributed by atoms with van der Waals surface area (Å²) in [6, 6.07) is 6.38. The molecule has 0 saturated carbocycles. The van der Waals surface area contributed by atoms with Crippen molar-refractivity contribution in [3.63, 3.8) is 0 Å². The summed E-state index contributed by atoms with van der Waals surface area (Å²) in [5, 5.41) is 2.67. The van der Waals surface area contributed by atoms with Crippen LogP contribution in [0.3, 0.4) is 0 Å². The number of urea groups is 1. The molecule has 0 spiro atoms. The lowest BCUT2D eigenvalue weighted by Crippen LogP contribution is -2.56. The first-order valence-electron chi connectivity index (χ1n) is 8.13. The zero-order valence-electron chi connectivity index (χ0n) is 15.0. The number of amidine groups is 1. The summed E-state index contributed by atoms with van der Waals surface area (Å²) in [6.07, 6.45) is 1.55. The third-order valence-electron chi connectivity index (χ3n) is 4.32. The number of rotatable bonds is 4. The van der Waals surface area contributed by atoms with Crippen molar-refractivity contribution in [3.8, 4) is 0 Å². The number of nitrogens with zero attached hydrogens (tertiary/aromatic N) is 3. The largest absolute Gasteiger partial charge is 0.499 e. The number of methoxy groups -OCH3 is 1. The van der Waals surface area contributed by atoms with Gasteiger partial charge in [0.1, 0.15) is 12.0 Å². The lowest BCUT2D eigenvalue weighted by Gasteiger charge is -2.28. The van der Waals surface area contributed by atoms with Gasteiger partial charge in [-0.05, 0) is 31.2 Å². The standard InChI is InChI=1S/C18H17BrN4O4/c1-10-8-20-16-14(15(10)27-3)17(25)23(18(26)22(16)2)9-13(24)21-12-6-4-11(19)5-7-12/h4-8,14H,9H2,1-3H3/p+1. The van der Waals surface area contributed by atoms with Crippen molar-refractivity contribution in [3.05, 3.63) is 40.1 Å². The molecule has 1 aromatic carbocycles. The van der Waals surface area contributed by atoms with E-state index >= 15 is 0 Å². The molecule has 0 radical (unpaired) electrons. The number of carbonyl (C=O) groups excluding carboxylic acids is 3. The van der Waals surface area contributed by atoms with Crippen molar-refractivity contribution >= 4 is 51.5 Å². The summed E-state index contributed by atoms with van der Waals surface area (Å²) in [4.78, 5) is 43.0. The van der Waals surface area contributed by atoms with Crippen LogP contribution in [-0.4, -0.2) is 60.1 Å². The molecule has 0 bridgehead atoms.